The van der Waals surface area contributed by atoms with E-state index in [1.807, 2.05) is 0 Å². The third kappa shape index (κ3) is 41.2. The van der Waals surface area contributed by atoms with Crippen molar-refractivity contribution < 1.29 is 58.2 Å². The number of allylic oxidation sites excluding steroid dienone is 10. The van der Waals surface area contributed by atoms with Crippen LogP contribution in [0.15, 0.2) is 60.8 Å². The molecule has 0 spiro atoms. The van der Waals surface area contributed by atoms with Crippen molar-refractivity contribution in [1.29, 1.82) is 0 Å². The van der Waals surface area contributed by atoms with Crippen LogP contribution in [0.4, 0.5) is 0 Å². The Morgan fingerprint density at radius 1 is 0.453 bits per heavy atom. The molecule has 75 heavy (non-hydrogen) atoms. The summed E-state index contributed by atoms with van der Waals surface area (Å²) in [5.74, 6) is -3.15. The lowest BCUT2D eigenvalue weighted by atomic mass is 9.98. The Hall–Kier alpha value is -3.58. The molecule has 0 aromatic carbocycles. The molecule has 1 aliphatic rings. The Morgan fingerprint density at radius 2 is 0.840 bits per heavy atom. The minimum absolute atomic E-state index is 0.0394. The maximum atomic E-state index is 13.1. The second-order valence-corrected chi connectivity index (χ2v) is 20.6. The van der Waals surface area contributed by atoms with E-state index in [2.05, 4.69) is 81.5 Å². The van der Waals surface area contributed by atoms with Crippen LogP contribution in [0.1, 0.15) is 265 Å². The van der Waals surface area contributed by atoms with Gasteiger partial charge in [-0.05, 0) is 103 Å². The average molecular weight is 1060 g/mol. The van der Waals surface area contributed by atoms with Crippen molar-refractivity contribution in [3.05, 3.63) is 60.8 Å². The molecule has 1 rings (SSSR count). The lowest BCUT2D eigenvalue weighted by Crippen LogP contribution is -2.61. The van der Waals surface area contributed by atoms with E-state index in [4.69, 9.17) is 23.7 Å². The van der Waals surface area contributed by atoms with Gasteiger partial charge in [-0.2, -0.15) is 0 Å². The Labute approximate surface area is 456 Å². The summed E-state index contributed by atoms with van der Waals surface area (Å²) in [5.41, 5.74) is 0. The minimum Gasteiger partial charge on any atom is -0.479 e. The highest BCUT2D eigenvalue weighted by molar-refractivity contribution is 5.74. The number of carbonyl (C=O) groups is 4. The van der Waals surface area contributed by atoms with Gasteiger partial charge >= 0.3 is 23.9 Å². The van der Waals surface area contributed by atoms with Crippen molar-refractivity contribution in [2.45, 2.75) is 302 Å². The van der Waals surface area contributed by atoms with E-state index in [0.29, 0.717) is 19.3 Å². The Balaban J connectivity index is 2.69. The molecule has 12 heteroatoms. The Morgan fingerprint density at radius 3 is 1.31 bits per heavy atom. The summed E-state index contributed by atoms with van der Waals surface area (Å²) < 4.78 is 28.4. The van der Waals surface area contributed by atoms with E-state index >= 15 is 0 Å². The number of hydrogen-bond acceptors (Lipinski definition) is 11. The second kappa shape index (κ2) is 51.2. The number of hydrogen-bond donors (Lipinski definition) is 3. The maximum absolute atomic E-state index is 13.1. The SMILES string of the molecule is CC/C=C\C/C=C\C/C=C\CCCCCCCC(=O)OC1C(OCC(COC(=O)CCCCCCCCC/C=C\CCCCCCCC)OC(=O)CCCCCCC/C=C\CCCCCC)OC(C(=O)O)C(O)C1O. The predicted octanol–water partition coefficient (Wildman–Crippen LogP) is 15.6. The number of unbranched alkanes of at least 4 members (excludes halogenated alkanes) is 27. The molecular weight excluding hydrogens is 949 g/mol. The van der Waals surface area contributed by atoms with Crippen molar-refractivity contribution in [3.63, 3.8) is 0 Å². The van der Waals surface area contributed by atoms with Gasteiger partial charge in [-0.25, -0.2) is 4.79 Å². The Kier molecular flexibility index (Phi) is 47.4. The molecule has 1 saturated heterocycles. The van der Waals surface area contributed by atoms with Gasteiger partial charge in [0, 0.05) is 19.3 Å². The van der Waals surface area contributed by atoms with Gasteiger partial charge < -0.3 is 39.0 Å². The van der Waals surface area contributed by atoms with E-state index in [1.165, 1.54) is 89.9 Å². The number of ether oxygens (including phenoxy) is 5. The number of carbonyl (C=O) groups excluding carboxylic acids is 3. The van der Waals surface area contributed by atoms with Crippen LogP contribution in [0.5, 0.6) is 0 Å². The highest BCUT2D eigenvalue weighted by atomic mass is 16.7. The van der Waals surface area contributed by atoms with Gasteiger partial charge in [-0.15, -0.1) is 0 Å². The molecule has 12 nitrogen and oxygen atoms in total. The topological polar surface area (TPSA) is 175 Å². The summed E-state index contributed by atoms with van der Waals surface area (Å²) >= 11 is 0. The van der Waals surface area contributed by atoms with E-state index in [0.717, 1.165) is 116 Å². The molecular formula is C63H108O12. The quantitative estimate of drug-likeness (QED) is 0.0228. The van der Waals surface area contributed by atoms with E-state index in [-0.39, 0.29) is 25.9 Å². The zero-order valence-corrected chi connectivity index (χ0v) is 47.5. The molecule has 1 heterocycles. The molecule has 1 aliphatic heterocycles. The summed E-state index contributed by atoms with van der Waals surface area (Å²) in [6.45, 7) is 5.85. The van der Waals surface area contributed by atoms with Gasteiger partial charge in [0.1, 0.15) is 18.8 Å². The van der Waals surface area contributed by atoms with E-state index < -0.39 is 67.3 Å². The molecule has 0 aliphatic carbocycles. The van der Waals surface area contributed by atoms with Crippen molar-refractivity contribution in [1.82, 2.24) is 0 Å². The summed E-state index contributed by atoms with van der Waals surface area (Å²) in [4.78, 5) is 51.1. The highest BCUT2D eigenvalue weighted by Gasteiger charge is 2.50. The number of carboxylic acid groups (broad SMARTS) is 1. The lowest BCUT2D eigenvalue weighted by molar-refractivity contribution is -0.301. The Bertz CT molecular complexity index is 1540. The molecule has 0 aromatic heterocycles. The number of aliphatic hydroxyl groups excluding tert-OH is 2. The van der Waals surface area contributed by atoms with Gasteiger partial charge in [-0.1, -0.05) is 204 Å². The monoisotopic (exact) mass is 1060 g/mol. The van der Waals surface area contributed by atoms with Crippen LogP contribution in [-0.2, 0) is 42.9 Å². The fraction of sp³-hybridized carbons (Fsp3) is 0.778. The van der Waals surface area contributed by atoms with Gasteiger partial charge in [0.2, 0.25) is 0 Å². The first-order valence-electron chi connectivity index (χ1n) is 30.3. The number of rotatable bonds is 51. The number of carboxylic acids is 1. The third-order valence-electron chi connectivity index (χ3n) is 13.5. The summed E-state index contributed by atoms with van der Waals surface area (Å²) in [5, 5.41) is 31.5. The van der Waals surface area contributed by atoms with Crippen molar-refractivity contribution >= 4 is 23.9 Å². The first-order valence-corrected chi connectivity index (χ1v) is 30.3. The summed E-state index contributed by atoms with van der Waals surface area (Å²) in [7, 11) is 0. The van der Waals surface area contributed by atoms with Crippen LogP contribution in [-0.4, -0.2) is 89.2 Å². The predicted molar refractivity (Wildman–Crippen MR) is 303 cm³/mol. The summed E-state index contributed by atoms with van der Waals surface area (Å²) in [6, 6.07) is 0. The van der Waals surface area contributed by atoms with Crippen LogP contribution in [0.2, 0.25) is 0 Å². The standard InChI is InChI=1S/C63H108O12/c1-4-7-10-13-16-19-22-25-27-28-30-32-34-37-40-43-46-49-55(64)71-52-54(73-56(65)50-47-44-41-38-35-31-24-21-18-15-12-9-6-3)53-72-63-61(59(68)58(67)60(75-63)62(69)70)74-57(66)51-48-45-42-39-36-33-29-26-23-20-17-14-11-8-5-2/h8,11,17,20-21,24-27,29,54,58-61,63,67-68H,4-7,9-10,12-16,18-19,22-23,28,30-53H2,1-3H3,(H,69,70)/b11-8-,20-17-,24-21-,27-25-,29-26-. The lowest BCUT2D eigenvalue weighted by Gasteiger charge is -2.40. The number of esters is 3. The molecule has 3 N–H and O–H groups in total. The normalized spacial score (nSPS) is 18.5. The maximum Gasteiger partial charge on any atom is 0.335 e. The van der Waals surface area contributed by atoms with Gasteiger partial charge in [0.15, 0.2) is 24.6 Å². The van der Waals surface area contributed by atoms with Crippen molar-refractivity contribution in [2.24, 2.45) is 0 Å². The zero-order chi connectivity index (χ0) is 54.7. The second-order valence-electron chi connectivity index (χ2n) is 20.6. The molecule has 0 aromatic rings. The third-order valence-corrected chi connectivity index (χ3v) is 13.5. The smallest absolute Gasteiger partial charge is 0.335 e. The number of aliphatic hydroxyl groups is 2. The van der Waals surface area contributed by atoms with Crippen LogP contribution in [0.3, 0.4) is 0 Å². The molecule has 6 atom stereocenters. The molecule has 0 saturated carbocycles. The zero-order valence-electron chi connectivity index (χ0n) is 47.5. The molecule has 1 fully saturated rings. The number of aliphatic carboxylic acids is 1. The van der Waals surface area contributed by atoms with Crippen LogP contribution in [0.25, 0.3) is 0 Å². The van der Waals surface area contributed by atoms with Gasteiger partial charge in [-0.3, -0.25) is 14.4 Å². The van der Waals surface area contributed by atoms with E-state index in [9.17, 15) is 34.5 Å². The first-order chi connectivity index (χ1) is 36.6. The largest absolute Gasteiger partial charge is 0.479 e. The van der Waals surface area contributed by atoms with Crippen LogP contribution < -0.4 is 0 Å². The van der Waals surface area contributed by atoms with Crippen molar-refractivity contribution in [2.75, 3.05) is 13.2 Å². The van der Waals surface area contributed by atoms with E-state index in [1.54, 1.807) is 0 Å². The fourth-order valence-electron chi connectivity index (χ4n) is 8.90. The van der Waals surface area contributed by atoms with Crippen LogP contribution >= 0.6 is 0 Å². The van der Waals surface area contributed by atoms with Crippen LogP contribution in [0, 0.1) is 0 Å². The molecule has 0 radical (unpaired) electrons. The van der Waals surface area contributed by atoms with Gasteiger partial charge in [0.25, 0.3) is 0 Å². The average Bonchev–Trinajstić information content (AvgIpc) is 3.39. The highest BCUT2D eigenvalue weighted by Crippen LogP contribution is 2.26. The first kappa shape index (κ1) is 69.4. The molecule has 6 unspecified atom stereocenters. The summed E-state index contributed by atoms with van der Waals surface area (Å²) in [6.07, 6.45) is 50.4. The molecule has 0 amide bonds. The fourth-order valence-corrected chi connectivity index (χ4v) is 8.90. The molecule has 432 valence electrons. The van der Waals surface area contributed by atoms with Gasteiger partial charge in [0.05, 0.1) is 6.61 Å². The molecule has 0 bridgehead atoms. The van der Waals surface area contributed by atoms with Crippen molar-refractivity contribution in [3.8, 4) is 0 Å². The minimum atomic E-state index is -1.91.